The second-order valence-corrected chi connectivity index (χ2v) is 6.81. The van der Waals surface area contributed by atoms with Crippen molar-refractivity contribution in [1.29, 1.82) is 0 Å². The van der Waals surface area contributed by atoms with Gasteiger partial charge < -0.3 is 0 Å². The number of hydrogen-bond donors (Lipinski definition) is 0. The number of methoxy groups -OCH3 is 1. The van der Waals surface area contributed by atoms with Gasteiger partial charge in [0.15, 0.2) is 0 Å². The van der Waals surface area contributed by atoms with Crippen LogP contribution < -0.4 is 3.12 Å². The molecule has 0 saturated heterocycles. The Kier molecular flexibility index (Phi) is 5.18. The SMILES string of the molecule is COC(c1c[c]([Tl])cc(C(F)(F)F)c1)(C(F)(F)F)C(F)(F)F. The van der Waals surface area contributed by atoms with E-state index in [0.29, 0.717) is 12.1 Å². The number of ether oxygens (including phenoxy) is 1. The molecule has 0 aliphatic heterocycles. The van der Waals surface area contributed by atoms with E-state index in [1.54, 1.807) is 0 Å². The van der Waals surface area contributed by atoms with E-state index in [9.17, 15) is 39.5 Å². The quantitative estimate of drug-likeness (QED) is 0.422. The van der Waals surface area contributed by atoms with Crippen molar-refractivity contribution < 1.29 is 44.3 Å². The van der Waals surface area contributed by atoms with Crippen molar-refractivity contribution in [3.63, 3.8) is 0 Å². The Balaban J connectivity index is 3.76. The van der Waals surface area contributed by atoms with Crippen LogP contribution in [0, 0.1) is 0 Å². The number of hydrogen-bond acceptors (Lipinski definition) is 1. The maximum absolute atomic E-state index is 13.0. The Hall–Kier alpha value is -0.528. The van der Waals surface area contributed by atoms with Gasteiger partial charge in [0.25, 0.3) is 0 Å². The zero-order chi connectivity index (χ0) is 17.6. The minimum absolute atomic E-state index is 0.149. The van der Waals surface area contributed by atoms with Crippen molar-refractivity contribution in [1.82, 2.24) is 0 Å². The molecule has 0 bridgehead atoms. The molecular formula is C11H6F9OTl. The van der Waals surface area contributed by atoms with Crippen molar-refractivity contribution >= 4 is 28.9 Å². The van der Waals surface area contributed by atoms with Gasteiger partial charge in [-0.1, -0.05) is 0 Å². The zero-order valence-corrected chi connectivity index (χ0v) is 15.1. The van der Waals surface area contributed by atoms with E-state index in [-0.39, 0.29) is 16.3 Å². The van der Waals surface area contributed by atoms with Gasteiger partial charge in [-0.25, -0.2) is 0 Å². The van der Waals surface area contributed by atoms with Crippen molar-refractivity contribution in [2.45, 2.75) is 24.1 Å². The van der Waals surface area contributed by atoms with Crippen LogP contribution in [0.1, 0.15) is 11.1 Å². The topological polar surface area (TPSA) is 9.23 Å². The normalized spacial score (nSPS) is 14.2. The molecule has 0 aliphatic carbocycles. The molecule has 122 valence electrons. The van der Waals surface area contributed by atoms with Gasteiger partial charge in [0.05, 0.1) is 0 Å². The second kappa shape index (κ2) is 5.84. The van der Waals surface area contributed by atoms with Crippen LogP contribution in [0.5, 0.6) is 0 Å². The first-order chi connectivity index (χ1) is 9.66. The summed E-state index contributed by atoms with van der Waals surface area (Å²) in [5.41, 5.74) is -8.04. The Labute approximate surface area is 134 Å². The van der Waals surface area contributed by atoms with Crippen molar-refractivity contribution in [3.8, 4) is 0 Å². The summed E-state index contributed by atoms with van der Waals surface area (Å²) in [7, 11) is 0.149. The molecular weight excluding hydrogens is 523 g/mol. The van der Waals surface area contributed by atoms with Crippen LogP contribution in [0.25, 0.3) is 0 Å². The van der Waals surface area contributed by atoms with Gasteiger partial charge in [0.1, 0.15) is 0 Å². The first-order valence-electron chi connectivity index (χ1n) is 5.33. The van der Waals surface area contributed by atoms with E-state index in [1.807, 2.05) is 0 Å². The molecule has 1 aromatic carbocycles. The molecule has 0 radical (unpaired) electrons. The monoisotopic (exact) mass is 530 g/mol. The molecule has 0 aromatic heterocycles. The van der Waals surface area contributed by atoms with E-state index < -0.39 is 61.0 Å². The van der Waals surface area contributed by atoms with Gasteiger partial charge in [-0.15, -0.1) is 0 Å². The number of rotatable bonds is 2. The molecule has 0 unspecified atom stereocenters. The molecule has 0 spiro atoms. The number of benzene rings is 1. The summed E-state index contributed by atoms with van der Waals surface area (Å²) in [6.07, 6.45) is -17.0. The summed E-state index contributed by atoms with van der Waals surface area (Å²) in [6, 6.07) is 0.766. The van der Waals surface area contributed by atoms with E-state index in [4.69, 9.17) is 0 Å². The Morgan fingerprint density at radius 3 is 1.50 bits per heavy atom. The van der Waals surface area contributed by atoms with Gasteiger partial charge in [-0.05, 0) is 0 Å². The maximum atomic E-state index is 13.0. The number of alkyl halides is 9. The van der Waals surface area contributed by atoms with E-state index in [0.717, 1.165) is 0 Å². The molecule has 0 N–H and O–H groups in total. The van der Waals surface area contributed by atoms with Gasteiger partial charge in [-0.3, -0.25) is 0 Å². The fraction of sp³-hybridized carbons (Fsp3) is 0.455. The van der Waals surface area contributed by atoms with E-state index in [1.165, 1.54) is 0 Å². The fourth-order valence-corrected chi connectivity index (χ4v) is 3.25. The first-order valence-corrected chi connectivity index (χ1v) is 7.58. The summed E-state index contributed by atoms with van der Waals surface area (Å²) in [5.74, 6) is 0. The van der Waals surface area contributed by atoms with Crippen molar-refractivity contribution in [2.75, 3.05) is 7.11 Å². The van der Waals surface area contributed by atoms with Crippen LogP contribution in [0.4, 0.5) is 39.5 Å². The molecule has 0 fully saturated rings. The van der Waals surface area contributed by atoms with Crippen LogP contribution in [-0.2, 0) is 16.5 Å². The van der Waals surface area contributed by atoms with E-state index in [2.05, 4.69) is 4.74 Å². The van der Waals surface area contributed by atoms with Crippen LogP contribution in [-0.4, -0.2) is 45.2 Å². The first kappa shape index (κ1) is 19.5. The predicted octanol–water partition coefficient (Wildman–Crippen LogP) is 3.47. The molecule has 0 aliphatic rings. The second-order valence-electron chi connectivity index (χ2n) is 4.22. The standard InChI is InChI=1S/C11H6F9O.Tl/c1-21-8(10(15,16)17,11(18,19)20)6-3-2-4-7(5-6)9(12,13)14;/h3-5H,1H3;. The van der Waals surface area contributed by atoms with Crippen molar-refractivity contribution in [3.05, 3.63) is 29.3 Å². The minimum atomic E-state index is -5.98. The molecule has 0 amide bonds. The van der Waals surface area contributed by atoms with Crippen molar-refractivity contribution in [2.24, 2.45) is 0 Å². The van der Waals surface area contributed by atoms with Crippen LogP contribution in [0.15, 0.2) is 18.2 Å². The summed E-state index contributed by atoms with van der Waals surface area (Å²) in [6.45, 7) is 0. The molecule has 1 rings (SSSR count). The van der Waals surface area contributed by atoms with Gasteiger partial charge in [0, 0.05) is 0 Å². The van der Waals surface area contributed by atoms with Gasteiger partial charge in [-0.2, -0.15) is 0 Å². The summed E-state index contributed by atoms with van der Waals surface area (Å²) < 4.78 is 119. The Morgan fingerprint density at radius 2 is 1.18 bits per heavy atom. The molecule has 0 atom stereocenters. The third-order valence-electron chi connectivity index (χ3n) is 2.79. The molecule has 0 heterocycles. The third-order valence-corrected chi connectivity index (χ3v) is 4.09. The third kappa shape index (κ3) is 3.36. The molecule has 22 heavy (non-hydrogen) atoms. The van der Waals surface area contributed by atoms with E-state index >= 15 is 0 Å². The summed E-state index contributed by atoms with van der Waals surface area (Å²) >= 11 is -0.401. The predicted molar refractivity (Wildman–Crippen MR) is 57.6 cm³/mol. The van der Waals surface area contributed by atoms with Gasteiger partial charge >= 0.3 is 134 Å². The molecule has 0 saturated carbocycles. The fourth-order valence-electron chi connectivity index (χ4n) is 1.86. The van der Waals surface area contributed by atoms with Gasteiger partial charge in [0.2, 0.25) is 0 Å². The molecule has 11 heteroatoms. The van der Waals surface area contributed by atoms with Crippen LogP contribution >= 0.6 is 0 Å². The average Bonchev–Trinajstić information content (AvgIpc) is 2.24. The zero-order valence-electron chi connectivity index (χ0n) is 10.6. The summed E-state index contributed by atoms with van der Waals surface area (Å²) in [4.78, 5) is 0. The molecule has 1 nitrogen and oxygen atoms in total. The van der Waals surface area contributed by atoms with Crippen LogP contribution in [0.3, 0.4) is 0 Å². The van der Waals surface area contributed by atoms with Crippen LogP contribution in [0.2, 0.25) is 0 Å². The molecule has 1 aromatic rings. The Bertz CT molecular complexity index is 530. The Morgan fingerprint density at radius 1 is 0.773 bits per heavy atom. The average molecular weight is 530 g/mol. The number of halogens is 9. The summed E-state index contributed by atoms with van der Waals surface area (Å²) in [5, 5.41) is 0.